The summed E-state index contributed by atoms with van der Waals surface area (Å²) in [7, 11) is 1.43. The summed E-state index contributed by atoms with van der Waals surface area (Å²) in [5.41, 5.74) is 6.21. The van der Waals surface area contributed by atoms with Gasteiger partial charge in [-0.1, -0.05) is 29.8 Å². The molecule has 2 N–H and O–H groups in total. The number of methoxy groups -OCH3 is 1. The highest BCUT2D eigenvalue weighted by Gasteiger charge is 2.23. The Kier molecular flexibility index (Phi) is 6.46. The molecule has 2 aromatic carbocycles. The van der Waals surface area contributed by atoms with Crippen molar-refractivity contribution in [2.45, 2.75) is 19.9 Å². The van der Waals surface area contributed by atoms with Gasteiger partial charge in [0.25, 0.3) is 11.8 Å². The second-order valence-electron chi connectivity index (χ2n) is 5.85. The van der Waals surface area contributed by atoms with Crippen molar-refractivity contribution in [3.63, 3.8) is 0 Å². The van der Waals surface area contributed by atoms with Crippen molar-refractivity contribution in [2.24, 2.45) is 5.73 Å². The minimum atomic E-state index is -0.640. The molecule has 0 spiro atoms. The van der Waals surface area contributed by atoms with Crippen LogP contribution in [0.2, 0.25) is 5.02 Å². The van der Waals surface area contributed by atoms with E-state index >= 15 is 0 Å². The highest BCUT2D eigenvalue weighted by Crippen LogP contribution is 2.37. The van der Waals surface area contributed by atoms with E-state index in [-0.39, 0.29) is 35.1 Å². The first-order valence-corrected chi connectivity index (χ1v) is 8.40. The molecule has 0 aromatic heterocycles. The van der Waals surface area contributed by atoms with E-state index < -0.39 is 5.91 Å². The van der Waals surface area contributed by atoms with Crippen LogP contribution in [0.1, 0.15) is 24.2 Å². The lowest BCUT2D eigenvalue weighted by molar-refractivity contribution is -0.119. The van der Waals surface area contributed by atoms with E-state index in [1.165, 1.54) is 19.2 Å². The number of primary amides is 1. The van der Waals surface area contributed by atoms with Gasteiger partial charge in [0, 0.05) is 17.3 Å². The van der Waals surface area contributed by atoms with Crippen molar-refractivity contribution in [3.05, 3.63) is 53.1 Å². The number of rotatable bonds is 7. The number of anilines is 1. The average molecular weight is 377 g/mol. The molecule has 0 bridgehead atoms. The van der Waals surface area contributed by atoms with E-state index in [4.69, 9.17) is 26.8 Å². The first kappa shape index (κ1) is 19.6. The van der Waals surface area contributed by atoms with Crippen molar-refractivity contribution < 1.29 is 19.1 Å². The molecule has 0 atom stereocenters. The highest BCUT2D eigenvalue weighted by molar-refractivity contribution is 6.33. The third-order valence-corrected chi connectivity index (χ3v) is 3.89. The summed E-state index contributed by atoms with van der Waals surface area (Å²) < 4.78 is 10.6. The molecule has 2 rings (SSSR count). The molecule has 0 heterocycles. The van der Waals surface area contributed by atoms with E-state index in [1.54, 1.807) is 4.90 Å². The van der Waals surface area contributed by atoms with Crippen molar-refractivity contribution in [2.75, 3.05) is 18.6 Å². The second kappa shape index (κ2) is 8.58. The van der Waals surface area contributed by atoms with Gasteiger partial charge in [-0.05, 0) is 38.1 Å². The van der Waals surface area contributed by atoms with Crippen LogP contribution < -0.4 is 20.1 Å². The Morgan fingerprint density at radius 3 is 2.38 bits per heavy atom. The van der Waals surface area contributed by atoms with Gasteiger partial charge in [-0.15, -0.1) is 0 Å². The van der Waals surface area contributed by atoms with Gasteiger partial charge in [0.05, 0.1) is 12.1 Å². The van der Waals surface area contributed by atoms with E-state index in [1.807, 2.05) is 44.2 Å². The predicted molar refractivity (Wildman–Crippen MR) is 101 cm³/mol. The number of hydrogen-bond donors (Lipinski definition) is 1. The molecule has 0 saturated carbocycles. The number of amides is 2. The molecular formula is C19H21ClN2O4. The monoisotopic (exact) mass is 376 g/mol. The summed E-state index contributed by atoms with van der Waals surface area (Å²) in [6, 6.07) is 12.3. The van der Waals surface area contributed by atoms with Crippen LogP contribution in [0.5, 0.6) is 11.5 Å². The van der Waals surface area contributed by atoms with Gasteiger partial charge in [0.15, 0.2) is 18.1 Å². The van der Waals surface area contributed by atoms with Crippen molar-refractivity contribution in [1.29, 1.82) is 0 Å². The molecule has 0 aliphatic heterocycles. The van der Waals surface area contributed by atoms with E-state index in [0.717, 1.165) is 5.69 Å². The fourth-order valence-corrected chi connectivity index (χ4v) is 2.77. The number of ether oxygens (including phenoxy) is 2. The van der Waals surface area contributed by atoms with Gasteiger partial charge in [-0.3, -0.25) is 9.59 Å². The number of carbonyl (C=O) groups is 2. The Bertz CT molecular complexity index is 794. The third kappa shape index (κ3) is 4.46. The molecule has 6 nitrogen and oxygen atoms in total. The molecule has 7 heteroatoms. The van der Waals surface area contributed by atoms with Crippen molar-refractivity contribution in [1.82, 2.24) is 0 Å². The number of hydrogen-bond acceptors (Lipinski definition) is 4. The first-order chi connectivity index (χ1) is 12.3. The molecule has 0 aliphatic carbocycles. The largest absolute Gasteiger partial charge is 0.493 e. The van der Waals surface area contributed by atoms with E-state index in [9.17, 15) is 9.59 Å². The molecule has 0 aliphatic rings. The number of benzene rings is 2. The molecule has 0 fully saturated rings. The van der Waals surface area contributed by atoms with Gasteiger partial charge in [0.2, 0.25) is 0 Å². The average Bonchev–Trinajstić information content (AvgIpc) is 2.60. The van der Waals surface area contributed by atoms with Gasteiger partial charge >= 0.3 is 0 Å². The SMILES string of the molecule is COc1cc(C(=O)N(c2ccccc2)C(C)C)cc(Cl)c1OCC(N)=O. The zero-order valence-corrected chi connectivity index (χ0v) is 15.6. The number of carbonyl (C=O) groups excluding carboxylic acids is 2. The van der Waals surface area contributed by atoms with Crippen molar-refractivity contribution in [3.8, 4) is 11.5 Å². The zero-order valence-electron chi connectivity index (χ0n) is 14.9. The molecule has 0 radical (unpaired) electrons. The fraction of sp³-hybridized carbons (Fsp3) is 0.263. The van der Waals surface area contributed by atoms with E-state index in [2.05, 4.69) is 0 Å². The maximum atomic E-state index is 13.1. The van der Waals surface area contributed by atoms with Crippen LogP contribution in [0.15, 0.2) is 42.5 Å². The summed E-state index contributed by atoms with van der Waals surface area (Å²) in [4.78, 5) is 25.7. The number of nitrogens with two attached hydrogens (primary N) is 1. The Hall–Kier alpha value is -2.73. The summed E-state index contributed by atoms with van der Waals surface area (Å²) in [6.07, 6.45) is 0. The fourth-order valence-electron chi connectivity index (χ4n) is 2.50. The predicted octanol–water partition coefficient (Wildman–Crippen LogP) is 3.27. The zero-order chi connectivity index (χ0) is 19.3. The summed E-state index contributed by atoms with van der Waals surface area (Å²) in [5, 5.41) is 0.158. The van der Waals surface area contributed by atoms with Crippen LogP contribution in [0.4, 0.5) is 5.69 Å². The van der Waals surface area contributed by atoms with Crippen LogP contribution in [0.25, 0.3) is 0 Å². The Labute approximate surface area is 157 Å². The smallest absolute Gasteiger partial charge is 0.258 e. The highest BCUT2D eigenvalue weighted by atomic mass is 35.5. The Morgan fingerprint density at radius 2 is 1.85 bits per heavy atom. The van der Waals surface area contributed by atoms with Gasteiger partial charge in [0.1, 0.15) is 0 Å². The number of nitrogens with zero attached hydrogens (tertiary/aromatic N) is 1. The maximum absolute atomic E-state index is 13.1. The Balaban J connectivity index is 2.41. The Morgan fingerprint density at radius 1 is 1.19 bits per heavy atom. The molecule has 26 heavy (non-hydrogen) atoms. The molecule has 0 unspecified atom stereocenters. The lowest BCUT2D eigenvalue weighted by Crippen LogP contribution is -2.37. The third-order valence-electron chi connectivity index (χ3n) is 3.60. The summed E-state index contributed by atoms with van der Waals surface area (Å²) >= 11 is 6.24. The first-order valence-electron chi connectivity index (χ1n) is 8.02. The molecule has 0 saturated heterocycles. The maximum Gasteiger partial charge on any atom is 0.258 e. The summed E-state index contributed by atoms with van der Waals surface area (Å²) in [6.45, 7) is 3.51. The lowest BCUT2D eigenvalue weighted by atomic mass is 10.1. The van der Waals surface area contributed by atoms with Crippen LogP contribution in [0, 0.1) is 0 Å². The second-order valence-corrected chi connectivity index (χ2v) is 6.26. The van der Waals surface area contributed by atoms with E-state index in [0.29, 0.717) is 5.56 Å². The quantitative estimate of drug-likeness (QED) is 0.804. The number of para-hydroxylation sites is 1. The van der Waals surface area contributed by atoms with Crippen molar-refractivity contribution >= 4 is 29.1 Å². The molecule has 2 amide bonds. The lowest BCUT2D eigenvalue weighted by Gasteiger charge is -2.27. The van der Waals surface area contributed by atoms with Gasteiger partial charge in [-0.2, -0.15) is 0 Å². The van der Waals surface area contributed by atoms with Crippen LogP contribution in [-0.4, -0.2) is 31.6 Å². The molecule has 2 aromatic rings. The molecule has 138 valence electrons. The summed E-state index contributed by atoms with van der Waals surface area (Å²) in [5.74, 6) is -0.453. The van der Waals surface area contributed by atoms with Gasteiger partial charge < -0.3 is 20.1 Å². The normalized spacial score (nSPS) is 10.5. The minimum absolute atomic E-state index is 0.0690. The van der Waals surface area contributed by atoms with Gasteiger partial charge in [-0.25, -0.2) is 0 Å². The van der Waals surface area contributed by atoms with Crippen LogP contribution in [0.3, 0.4) is 0 Å². The van der Waals surface area contributed by atoms with Crippen LogP contribution >= 0.6 is 11.6 Å². The topological polar surface area (TPSA) is 81.9 Å². The molecular weight excluding hydrogens is 356 g/mol. The number of halogens is 1. The van der Waals surface area contributed by atoms with Crippen LogP contribution in [-0.2, 0) is 4.79 Å². The minimum Gasteiger partial charge on any atom is -0.493 e. The standard InChI is InChI=1S/C19H21ClN2O4/c1-12(2)22(14-7-5-4-6-8-14)19(24)13-9-15(20)18(16(10-13)25-3)26-11-17(21)23/h4-10,12H,11H2,1-3H3,(H2,21,23).